The van der Waals surface area contributed by atoms with Gasteiger partial charge in [-0.25, -0.2) is 0 Å². The van der Waals surface area contributed by atoms with Gasteiger partial charge in [-0.15, -0.1) is 0 Å². The average molecular weight is 368 g/mol. The van der Waals surface area contributed by atoms with E-state index in [0.29, 0.717) is 17.6 Å². The highest BCUT2D eigenvalue weighted by Gasteiger charge is 2.37. The minimum atomic E-state index is -0.370. The smallest absolute Gasteiger partial charge is 0.251 e. The highest BCUT2D eigenvalue weighted by molar-refractivity contribution is 7.03. The third kappa shape index (κ3) is 2.46. The van der Waals surface area contributed by atoms with Gasteiger partial charge in [0, 0.05) is 34.5 Å². The predicted molar refractivity (Wildman–Crippen MR) is 101 cm³/mol. The number of hydrogen-bond donors (Lipinski definition) is 2. The molecule has 2 aliphatic heterocycles. The van der Waals surface area contributed by atoms with E-state index < -0.39 is 0 Å². The molecule has 1 amide bonds. The molecule has 7 heteroatoms. The summed E-state index contributed by atoms with van der Waals surface area (Å²) in [5.74, 6) is 0.727. The van der Waals surface area contributed by atoms with Gasteiger partial charge in [-0.3, -0.25) is 9.36 Å². The molecule has 134 valence electrons. The molecule has 0 spiro atoms. The number of aromatic nitrogens is 2. The molecule has 5 rings (SSSR count). The van der Waals surface area contributed by atoms with Crippen LogP contribution in [-0.2, 0) is 4.74 Å². The van der Waals surface area contributed by atoms with Gasteiger partial charge in [0.05, 0.1) is 24.3 Å². The van der Waals surface area contributed by atoms with Gasteiger partial charge in [0.2, 0.25) is 0 Å². The maximum atomic E-state index is 12.5. The van der Waals surface area contributed by atoms with E-state index in [-0.39, 0.29) is 11.8 Å². The van der Waals surface area contributed by atoms with Crippen molar-refractivity contribution in [1.29, 1.82) is 0 Å². The molecule has 3 N–H and O–H groups in total. The van der Waals surface area contributed by atoms with Crippen LogP contribution in [0, 0.1) is 0 Å². The average Bonchev–Trinajstić information content (AvgIpc) is 3.26. The monoisotopic (exact) mass is 368 g/mol. The van der Waals surface area contributed by atoms with Crippen LogP contribution in [0.15, 0.2) is 35.7 Å². The van der Waals surface area contributed by atoms with Gasteiger partial charge in [-0.05, 0) is 36.5 Å². The third-order valence-corrected chi connectivity index (χ3v) is 6.00. The van der Waals surface area contributed by atoms with Crippen molar-refractivity contribution in [2.24, 2.45) is 5.73 Å². The summed E-state index contributed by atoms with van der Waals surface area (Å²) in [6, 6.07) is 10.6. The number of nitrogens with two attached hydrogens (primary N) is 1. The summed E-state index contributed by atoms with van der Waals surface area (Å²) in [7, 11) is 0. The van der Waals surface area contributed by atoms with Crippen LogP contribution in [0.1, 0.15) is 34.8 Å². The molecule has 2 aromatic heterocycles. The second-order valence-electron chi connectivity index (χ2n) is 7.10. The molecule has 2 saturated heterocycles. The van der Waals surface area contributed by atoms with Crippen molar-refractivity contribution < 1.29 is 9.53 Å². The second kappa shape index (κ2) is 6.19. The van der Waals surface area contributed by atoms with E-state index >= 15 is 0 Å². The Kier molecular flexibility index (Phi) is 3.81. The first-order valence-electron chi connectivity index (χ1n) is 8.90. The van der Waals surface area contributed by atoms with Gasteiger partial charge in [0.25, 0.3) is 5.91 Å². The van der Waals surface area contributed by atoms with Gasteiger partial charge in [0.1, 0.15) is 0 Å². The number of nitrogens with one attached hydrogen (secondary N) is 1. The number of benzene rings is 1. The van der Waals surface area contributed by atoms with Crippen molar-refractivity contribution in [2.75, 3.05) is 13.2 Å². The zero-order valence-corrected chi connectivity index (χ0v) is 15.0. The molecule has 2 fully saturated rings. The molecule has 2 aliphatic rings. The Morgan fingerprint density at radius 2 is 2.00 bits per heavy atom. The van der Waals surface area contributed by atoms with Crippen molar-refractivity contribution in [3.8, 4) is 5.82 Å². The van der Waals surface area contributed by atoms with Gasteiger partial charge in [-0.2, -0.15) is 4.37 Å². The summed E-state index contributed by atoms with van der Waals surface area (Å²) >= 11 is 1.41. The molecule has 0 aliphatic carbocycles. The molecule has 26 heavy (non-hydrogen) atoms. The summed E-state index contributed by atoms with van der Waals surface area (Å²) in [6.07, 6.45) is 1.86. The maximum absolute atomic E-state index is 12.5. The Morgan fingerprint density at radius 3 is 2.69 bits per heavy atom. The molecule has 2 bridgehead atoms. The van der Waals surface area contributed by atoms with Crippen molar-refractivity contribution in [3.05, 3.63) is 47.0 Å². The topological polar surface area (TPSA) is 82.2 Å². The fourth-order valence-electron chi connectivity index (χ4n) is 4.53. The van der Waals surface area contributed by atoms with E-state index in [4.69, 9.17) is 10.5 Å². The van der Waals surface area contributed by atoms with Gasteiger partial charge in [-0.1, -0.05) is 18.2 Å². The number of carbonyl (C=O) groups is 1. The fourth-order valence-corrected chi connectivity index (χ4v) is 5.03. The Labute approximate surface area is 155 Å². The molecule has 0 radical (unpaired) electrons. The standard InChI is InChI=1S/C19H20N4O2S/c20-19(24)17-14-3-1-2-4-15(14)23(16-5-6-26-22-16)18(17)11-7-12-9-25-10-13(8-11)21-12/h1-6,11-13,21H,7-10H2,(H2,20,24). The number of ether oxygens (including phenoxy) is 1. The van der Waals surface area contributed by atoms with E-state index in [1.54, 1.807) is 0 Å². The third-order valence-electron chi connectivity index (χ3n) is 5.45. The zero-order valence-electron chi connectivity index (χ0n) is 14.2. The first-order valence-corrected chi connectivity index (χ1v) is 9.73. The SMILES string of the molecule is NC(=O)c1c(C2CC3COCC(C2)N3)n(-c2ccsn2)c2ccccc12. The second-order valence-corrected chi connectivity index (χ2v) is 7.77. The van der Waals surface area contributed by atoms with Crippen LogP contribution < -0.4 is 11.1 Å². The van der Waals surface area contributed by atoms with Crippen molar-refractivity contribution in [3.63, 3.8) is 0 Å². The number of carbonyl (C=O) groups excluding carboxylic acids is 1. The van der Waals surface area contributed by atoms with Crippen LogP contribution in [0.25, 0.3) is 16.7 Å². The summed E-state index contributed by atoms with van der Waals surface area (Å²) in [6.45, 7) is 1.44. The van der Waals surface area contributed by atoms with E-state index in [0.717, 1.165) is 48.5 Å². The molecule has 4 heterocycles. The van der Waals surface area contributed by atoms with Gasteiger partial charge in [0.15, 0.2) is 5.82 Å². The summed E-state index contributed by atoms with van der Waals surface area (Å²) in [5, 5.41) is 6.49. The Morgan fingerprint density at radius 1 is 1.23 bits per heavy atom. The lowest BCUT2D eigenvalue weighted by Gasteiger charge is -2.40. The molecular formula is C19H20N4O2S. The maximum Gasteiger partial charge on any atom is 0.251 e. The van der Waals surface area contributed by atoms with E-state index in [1.807, 2.05) is 35.7 Å². The van der Waals surface area contributed by atoms with Gasteiger partial charge >= 0.3 is 0 Å². The number of morpholine rings is 1. The predicted octanol–water partition coefficient (Wildman–Crippen LogP) is 2.42. The Hall–Kier alpha value is -2.22. The quantitative estimate of drug-likeness (QED) is 0.744. The largest absolute Gasteiger partial charge is 0.378 e. The summed E-state index contributed by atoms with van der Waals surface area (Å²) < 4.78 is 12.4. The molecular weight excluding hydrogens is 348 g/mol. The summed E-state index contributed by atoms with van der Waals surface area (Å²) in [4.78, 5) is 12.5. The highest BCUT2D eigenvalue weighted by Crippen LogP contribution is 2.40. The number of piperidine rings is 1. The van der Waals surface area contributed by atoms with Gasteiger partial charge < -0.3 is 15.8 Å². The number of fused-ring (bicyclic) bond motifs is 3. The Balaban J connectivity index is 1.76. The van der Waals surface area contributed by atoms with Crippen LogP contribution in [0.5, 0.6) is 0 Å². The van der Waals surface area contributed by atoms with E-state index in [2.05, 4.69) is 14.3 Å². The number of rotatable bonds is 3. The highest BCUT2D eigenvalue weighted by atomic mass is 32.1. The molecule has 3 aromatic rings. The normalized spacial score (nSPS) is 25.5. The van der Waals surface area contributed by atoms with Crippen molar-refractivity contribution >= 4 is 28.3 Å². The lowest BCUT2D eigenvalue weighted by Crippen LogP contribution is -2.53. The number of hydrogen-bond acceptors (Lipinski definition) is 5. The van der Waals surface area contributed by atoms with E-state index in [9.17, 15) is 4.79 Å². The lowest BCUT2D eigenvalue weighted by molar-refractivity contribution is 0.0174. The van der Waals surface area contributed by atoms with Crippen molar-refractivity contribution in [2.45, 2.75) is 30.8 Å². The van der Waals surface area contributed by atoms with Crippen LogP contribution >= 0.6 is 11.5 Å². The minimum absolute atomic E-state index is 0.242. The van der Waals surface area contributed by atoms with Crippen LogP contribution in [0.4, 0.5) is 0 Å². The lowest BCUT2D eigenvalue weighted by atomic mass is 9.83. The fraction of sp³-hybridized carbons (Fsp3) is 0.368. The zero-order chi connectivity index (χ0) is 17.7. The van der Waals surface area contributed by atoms with E-state index in [1.165, 1.54) is 11.5 Å². The molecule has 2 atom stereocenters. The molecule has 6 nitrogen and oxygen atoms in total. The first kappa shape index (κ1) is 16.0. The first-order chi connectivity index (χ1) is 12.7. The van der Waals surface area contributed by atoms with Crippen LogP contribution in [0.2, 0.25) is 0 Å². The van der Waals surface area contributed by atoms with Crippen LogP contribution in [0.3, 0.4) is 0 Å². The minimum Gasteiger partial charge on any atom is -0.378 e. The molecule has 0 saturated carbocycles. The number of primary amides is 1. The number of nitrogens with zero attached hydrogens (tertiary/aromatic N) is 2. The molecule has 2 unspecified atom stereocenters. The van der Waals surface area contributed by atoms with Crippen LogP contribution in [-0.4, -0.2) is 40.1 Å². The van der Waals surface area contributed by atoms with Crippen molar-refractivity contribution in [1.82, 2.24) is 14.3 Å². The summed E-state index contributed by atoms with van der Waals surface area (Å²) in [5.41, 5.74) is 8.49. The number of amides is 1. The number of para-hydroxylation sites is 1. The Bertz CT molecular complexity index is 953. The molecule has 1 aromatic carbocycles.